The summed E-state index contributed by atoms with van der Waals surface area (Å²) in [6.45, 7) is -1.14. The van der Waals surface area contributed by atoms with Gasteiger partial charge in [-0.1, -0.05) is 59.6 Å². The van der Waals surface area contributed by atoms with Gasteiger partial charge in [-0.3, -0.25) is 14.4 Å². The van der Waals surface area contributed by atoms with Gasteiger partial charge in [-0.25, -0.2) is 9.59 Å². The summed E-state index contributed by atoms with van der Waals surface area (Å²) >= 11 is 11.8. The largest absolute Gasteiger partial charge is 0.481 e. The fraction of sp³-hybridized carbons (Fsp3) is 0.190. The molecule has 0 aliphatic carbocycles. The standard InChI is InChI=1S/C21H17Cl2NO8/c22-13-7-4-8-14(23)18(13)20(29)31-11-16(25)19(28)15(9-17(26)27)24-21(30)32-10-12-5-2-1-3-6-12/h1-8,15H,9-11H2,(H,24,30)(H,26,27)/t15-/m0/s1. The number of carbonyl (C=O) groups excluding carboxylic acids is 4. The van der Waals surface area contributed by atoms with Crippen LogP contribution in [-0.4, -0.2) is 47.4 Å². The van der Waals surface area contributed by atoms with E-state index in [0.717, 1.165) is 0 Å². The highest BCUT2D eigenvalue weighted by molar-refractivity contribution is 6.41. The molecule has 1 atom stereocenters. The van der Waals surface area contributed by atoms with Crippen LogP contribution in [0.4, 0.5) is 4.79 Å². The smallest absolute Gasteiger partial charge is 0.408 e. The summed E-state index contributed by atoms with van der Waals surface area (Å²) in [7, 11) is 0. The van der Waals surface area contributed by atoms with E-state index in [0.29, 0.717) is 5.56 Å². The number of ether oxygens (including phenoxy) is 2. The van der Waals surface area contributed by atoms with Crippen molar-refractivity contribution < 1.29 is 38.6 Å². The molecule has 0 bridgehead atoms. The molecule has 32 heavy (non-hydrogen) atoms. The van der Waals surface area contributed by atoms with Crippen LogP contribution < -0.4 is 5.32 Å². The van der Waals surface area contributed by atoms with Gasteiger partial charge in [0.2, 0.25) is 11.6 Å². The zero-order chi connectivity index (χ0) is 23.7. The van der Waals surface area contributed by atoms with Crippen molar-refractivity contribution in [1.29, 1.82) is 0 Å². The van der Waals surface area contributed by atoms with Crippen molar-refractivity contribution in [2.45, 2.75) is 19.1 Å². The molecule has 0 aliphatic heterocycles. The predicted molar refractivity (Wildman–Crippen MR) is 113 cm³/mol. The molecule has 0 aliphatic rings. The van der Waals surface area contributed by atoms with E-state index in [1.165, 1.54) is 18.2 Å². The average molecular weight is 482 g/mol. The second-order valence-corrected chi connectivity index (χ2v) is 7.13. The van der Waals surface area contributed by atoms with Crippen LogP contribution in [0.15, 0.2) is 48.5 Å². The summed E-state index contributed by atoms with van der Waals surface area (Å²) in [5.74, 6) is -5.01. The van der Waals surface area contributed by atoms with Crippen molar-refractivity contribution in [2.24, 2.45) is 0 Å². The van der Waals surface area contributed by atoms with Crippen LogP contribution in [0.2, 0.25) is 10.0 Å². The predicted octanol–water partition coefficient (Wildman–Crippen LogP) is 3.06. The van der Waals surface area contributed by atoms with Gasteiger partial charge < -0.3 is 19.9 Å². The third kappa shape index (κ3) is 7.36. The maximum Gasteiger partial charge on any atom is 0.408 e. The first kappa shape index (κ1) is 24.8. The number of nitrogens with one attached hydrogen (secondary N) is 1. The summed E-state index contributed by atoms with van der Waals surface area (Å²) < 4.78 is 9.70. The molecule has 2 aromatic carbocycles. The number of benzene rings is 2. The Balaban J connectivity index is 1.96. The molecule has 1 amide bonds. The number of hydrogen-bond acceptors (Lipinski definition) is 7. The number of carboxylic acids is 1. The molecular weight excluding hydrogens is 465 g/mol. The zero-order valence-electron chi connectivity index (χ0n) is 16.4. The van der Waals surface area contributed by atoms with Crippen molar-refractivity contribution in [3.63, 3.8) is 0 Å². The summed E-state index contributed by atoms with van der Waals surface area (Å²) in [6, 6.07) is 11.1. The monoisotopic (exact) mass is 481 g/mol. The molecule has 0 radical (unpaired) electrons. The Morgan fingerprint density at radius 2 is 1.53 bits per heavy atom. The van der Waals surface area contributed by atoms with Crippen LogP contribution in [0.3, 0.4) is 0 Å². The normalized spacial score (nSPS) is 11.2. The number of ketones is 2. The number of carbonyl (C=O) groups is 5. The molecule has 2 rings (SSSR count). The van der Waals surface area contributed by atoms with Gasteiger partial charge in [-0.15, -0.1) is 0 Å². The SMILES string of the molecule is O=C(O)C[C@H](NC(=O)OCc1ccccc1)C(=O)C(=O)COC(=O)c1c(Cl)cccc1Cl. The van der Waals surface area contributed by atoms with Crippen LogP contribution in [0.5, 0.6) is 0 Å². The van der Waals surface area contributed by atoms with Gasteiger partial charge in [0, 0.05) is 0 Å². The van der Waals surface area contributed by atoms with E-state index in [1.807, 2.05) is 5.32 Å². The fourth-order valence-electron chi connectivity index (χ4n) is 2.45. The second kappa shape index (κ2) is 11.8. The molecule has 11 heteroatoms. The summed E-state index contributed by atoms with van der Waals surface area (Å²) in [5.41, 5.74) is 0.464. The Labute approximate surface area is 192 Å². The van der Waals surface area contributed by atoms with Crippen molar-refractivity contribution >= 4 is 52.8 Å². The minimum Gasteiger partial charge on any atom is -0.481 e. The minimum absolute atomic E-state index is 0.0205. The molecule has 0 saturated heterocycles. The molecule has 0 heterocycles. The molecule has 0 unspecified atom stereocenters. The molecule has 2 N–H and O–H groups in total. The maximum atomic E-state index is 12.3. The average Bonchev–Trinajstić information content (AvgIpc) is 2.75. The molecule has 0 saturated carbocycles. The van der Waals surface area contributed by atoms with Crippen molar-refractivity contribution in [1.82, 2.24) is 5.32 Å². The van der Waals surface area contributed by atoms with E-state index in [4.69, 9.17) is 37.8 Å². The van der Waals surface area contributed by atoms with Crippen molar-refractivity contribution in [3.05, 3.63) is 69.7 Å². The number of carboxylic acid groups (broad SMARTS) is 1. The highest BCUT2D eigenvalue weighted by Crippen LogP contribution is 2.24. The molecule has 0 spiro atoms. The van der Waals surface area contributed by atoms with Crippen LogP contribution in [0.1, 0.15) is 22.3 Å². The Bertz CT molecular complexity index is 1010. The van der Waals surface area contributed by atoms with E-state index < -0.39 is 48.7 Å². The number of esters is 1. The molecule has 0 fully saturated rings. The lowest BCUT2D eigenvalue weighted by Gasteiger charge is -2.15. The Hall–Kier alpha value is -3.43. The van der Waals surface area contributed by atoms with Gasteiger partial charge >= 0.3 is 18.0 Å². The van der Waals surface area contributed by atoms with Gasteiger partial charge in [-0.05, 0) is 17.7 Å². The number of halogens is 2. The van der Waals surface area contributed by atoms with Gasteiger partial charge in [0.15, 0.2) is 6.61 Å². The van der Waals surface area contributed by atoms with Crippen LogP contribution in [-0.2, 0) is 30.5 Å². The molecular formula is C21H17Cl2NO8. The quantitative estimate of drug-likeness (QED) is 0.390. The second-order valence-electron chi connectivity index (χ2n) is 6.32. The minimum atomic E-state index is -1.72. The summed E-state index contributed by atoms with van der Waals surface area (Å²) in [6.07, 6.45) is -1.98. The van der Waals surface area contributed by atoms with E-state index in [1.54, 1.807) is 30.3 Å². The van der Waals surface area contributed by atoms with Gasteiger partial charge in [0.05, 0.1) is 22.0 Å². The van der Waals surface area contributed by atoms with E-state index in [2.05, 4.69) is 0 Å². The molecule has 2 aromatic rings. The number of aliphatic carboxylic acids is 1. The number of alkyl carbamates (subject to hydrolysis) is 1. The number of hydrogen-bond donors (Lipinski definition) is 2. The number of amides is 1. The van der Waals surface area contributed by atoms with Crippen LogP contribution in [0, 0.1) is 0 Å². The van der Waals surface area contributed by atoms with E-state index in [9.17, 15) is 24.0 Å². The third-order valence-corrected chi connectivity index (χ3v) is 4.61. The highest BCUT2D eigenvalue weighted by Gasteiger charge is 2.30. The van der Waals surface area contributed by atoms with E-state index >= 15 is 0 Å². The topological polar surface area (TPSA) is 136 Å². The van der Waals surface area contributed by atoms with E-state index in [-0.39, 0.29) is 22.2 Å². The molecule has 0 aromatic heterocycles. The lowest BCUT2D eigenvalue weighted by Crippen LogP contribution is -2.46. The molecule has 9 nitrogen and oxygen atoms in total. The summed E-state index contributed by atoms with van der Waals surface area (Å²) in [5, 5.41) is 11.0. The highest BCUT2D eigenvalue weighted by atomic mass is 35.5. The van der Waals surface area contributed by atoms with Crippen molar-refractivity contribution in [3.8, 4) is 0 Å². The number of rotatable bonds is 10. The van der Waals surface area contributed by atoms with Crippen molar-refractivity contribution in [2.75, 3.05) is 6.61 Å². The summed E-state index contributed by atoms with van der Waals surface area (Å²) in [4.78, 5) is 59.6. The fourth-order valence-corrected chi connectivity index (χ4v) is 3.00. The third-order valence-electron chi connectivity index (χ3n) is 3.98. The lowest BCUT2D eigenvalue weighted by atomic mass is 10.1. The first-order valence-electron chi connectivity index (χ1n) is 9.06. The molecule has 168 valence electrons. The van der Waals surface area contributed by atoms with Crippen LogP contribution in [0.25, 0.3) is 0 Å². The van der Waals surface area contributed by atoms with Gasteiger partial charge in [0.1, 0.15) is 12.6 Å². The van der Waals surface area contributed by atoms with Gasteiger partial charge in [0.25, 0.3) is 0 Å². The zero-order valence-corrected chi connectivity index (χ0v) is 17.9. The Morgan fingerprint density at radius 3 is 2.12 bits per heavy atom. The Morgan fingerprint density at radius 1 is 0.906 bits per heavy atom. The van der Waals surface area contributed by atoms with Crippen LogP contribution >= 0.6 is 23.2 Å². The number of Topliss-reactive ketones (excluding diaryl/α,β-unsaturated/α-hetero) is 2. The lowest BCUT2D eigenvalue weighted by molar-refractivity contribution is -0.143. The Kier molecular flexibility index (Phi) is 9.18. The maximum absolute atomic E-state index is 12.3. The van der Waals surface area contributed by atoms with Gasteiger partial charge in [-0.2, -0.15) is 0 Å². The first-order chi connectivity index (χ1) is 15.2. The first-order valence-corrected chi connectivity index (χ1v) is 9.81.